The summed E-state index contributed by atoms with van der Waals surface area (Å²) in [5.41, 5.74) is 0. The van der Waals surface area contributed by atoms with Gasteiger partial charge in [0.25, 0.3) is 0 Å². The molecule has 0 amide bonds. The molecule has 1 aromatic rings. The summed E-state index contributed by atoms with van der Waals surface area (Å²) in [6, 6.07) is 4.63. The van der Waals surface area contributed by atoms with E-state index in [0.29, 0.717) is 6.04 Å². The van der Waals surface area contributed by atoms with Crippen molar-refractivity contribution >= 4 is 27.7 Å². The molecule has 1 saturated carbocycles. The molecule has 1 aliphatic carbocycles. The zero-order valence-corrected chi connectivity index (χ0v) is 11.1. The van der Waals surface area contributed by atoms with E-state index in [0.717, 1.165) is 21.2 Å². The normalized spacial score (nSPS) is 17.7. The Balaban J connectivity index is 1.89. The molecular weight excluding hydrogens is 272 g/mol. The second-order valence-electron chi connectivity index (χ2n) is 3.83. The van der Waals surface area contributed by atoms with Crippen LogP contribution in [0.25, 0.3) is 0 Å². The average molecular weight is 287 g/mol. The quantitative estimate of drug-likeness (QED) is 0.843. The van der Waals surface area contributed by atoms with E-state index in [2.05, 4.69) is 33.3 Å². The molecule has 1 unspecified atom stereocenters. The highest BCUT2D eigenvalue weighted by molar-refractivity contribution is 9.10. The highest BCUT2D eigenvalue weighted by Crippen LogP contribution is 2.35. The molecule has 15 heavy (non-hydrogen) atoms. The molecule has 0 aromatic carbocycles. The highest BCUT2D eigenvalue weighted by Gasteiger charge is 2.30. The Morgan fingerprint density at radius 3 is 3.07 bits per heavy atom. The van der Waals surface area contributed by atoms with Gasteiger partial charge in [-0.2, -0.15) is 0 Å². The first kappa shape index (κ1) is 11.4. The number of hydrogen-bond acceptors (Lipinski definition) is 3. The summed E-state index contributed by atoms with van der Waals surface area (Å²) in [5, 5.41) is 4.49. The lowest BCUT2D eigenvalue weighted by Crippen LogP contribution is -2.29. The monoisotopic (exact) mass is 286 g/mol. The van der Waals surface area contributed by atoms with Gasteiger partial charge < -0.3 is 5.32 Å². The summed E-state index contributed by atoms with van der Waals surface area (Å²) in [6.07, 6.45) is 4.61. The zero-order chi connectivity index (χ0) is 10.7. The third kappa shape index (κ3) is 3.20. The summed E-state index contributed by atoms with van der Waals surface area (Å²) >= 11 is 5.34. The Bertz CT molecular complexity index is 328. The standard InChI is InChI=1S/C11H15BrN2S/c1-13-10(8-4-5-8)7-15-11-9(12)3-2-6-14-11/h2-3,6,8,10,13H,4-5,7H2,1H3. The SMILES string of the molecule is CNC(CSc1ncccc1Br)C1CC1. The first-order chi connectivity index (χ1) is 7.31. The molecule has 1 fully saturated rings. The third-order valence-corrected chi connectivity index (χ3v) is 4.71. The largest absolute Gasteiger partial charge is 0.316 e. The Kier molecular flexibility index (Phi) is 4.05. The van der Waals surface area contributed by atoms with Crippen molar-refractivity contribution in [1.82, 2.24) is 10.3 Å². The van der Waals surface area contributed by atoms with E-state index in [9.17, 15) is 0 Å². The first-order valence-corrected chi connectivity index (χ1v) is 6.99. The highest BCUT2D eigenvalue weighted by atomic mass is 79.9. The average Bonchev–Trinajstić information content (AvgIpc) is 3.06. The molecule has 1 N–H and O–H groups in total. The lowest BCUT2D eigenvalue weighted by Gasteiger charge is -2.14. The lowest BCUT2D eigenvalue weighted by molar-refractivity contribution is 0.553. The van der Waals surface area contributed by atoms with Gasteiger partial charge in [0.15, 0.2) is 0 Å². The molecular formula is C11H15BrN2S. The van der Waals surface area contributed by atoms with Crippen LogP contribution in [-0.4, -0.2) is 23.8 Å². The number of thioether (sulfide) groups is 1. The van der Waals surface area contributed by atoms with Gasteiger partial charge in [0, 0.05) is 22.5 Å². The minimum absolute atomic E-state index is 0.643. The summed E-state index contributed by atoms with van der Waals surface area (Å²) in [5.74, 6) is 2.00. The van der Waals surface area contributed by atoms with Gasteiger partial charge in [-0.3, -0.25) is 0 Å². The van der Waals surface area contributed by atoms with E-state index in [-0.39, 0.29) is 0 Å². The molecule has 2 nitrogen and oxygen atoms in total. The van der Waals surface area contributed by atoms with E-state index in [1.54, 1.807) is 0 Å². The zero-order valence-electron chi connectivity index (χ0n) is 8.74. The molecule has 0 bridgehead atoms. The molecule has 0 spiro atoms. The number of hydrogen-bond donors (Lipinski definition) is 1. The molecule has 2 rings (SSSR count). The maximum atomic E-state index is 4.35. The van der Waals surface area contributed by atoms with E-state index in [1.807, 2.05) is 30.1 Å². The van der Waals surface area contributed by atoms with Crippen molar-refractivity contribution < 1.29 is 0 Å². The molecule has 0 radical (unpaired) electrons. The maximum Gasteiger partial charge on any atom is 0.110 e. The van der Waals surface area contributed by atoms with Crippen molar-refractivity contribution in [1.29, 1.82) is 0 Å². The molecule has 1 atom stereocenters. The fourth-order valence-electron chi connectivity index (χ4n) is 1.60. The third-order valence-electron chi connectivity index (χ3n) is 2.69. The van der Waals surface area contributed by atoms with Crippen LogP contribution in [0.4, 0.5) is 0 Å². The van der Waals surface area contributed by atoms with Crippen LogP contribution in [0, 0.1) is 5.92 Å². The van der Waals surface area contributed by atoms with E-state index in [1.165, 1.54) is 12.8 Å². The molecule has 1 aromatic heterocycles. The summed E-state index contributed by atoms with van der Waals surface area (Å²) in [7, 11) is 2.05. The van der Waals surface area contributed by atoms with Gasteiger partial charge in [-0.05, 0) is 53.9 Å². The van der Waals surface area contributed by atoms with Gasteiger partial charge in [-0.25, -0.2) is 4.98 Å². The summed E-state index contributed by atoms with van der Waals surface area (Å²) in [6.45, 7) is 0. The topological polar surface area (TPSA) is 24.9 Å². The molecule has 1 aliphatic rings. The lowest BCUT2D eigenvalue weighted by atomic mass is 10.2. The Morgan fingerprint density at radius 2 is 2.47 bits per heavy atom. The number of nitrogens with one attached hydrogen (secondary N) is 1. The van der Waals surface area contributed by atoms with E-state index < -0.39 is 0 Å². The minimum Gasteiger partial charge on any atom is -0.316 e. The predicted molar refractivity (Wildman–Crippen MR) is 68.2 cm³/mol. The maximum absolute atomic E-state index is 4.35. The van der Waals surface area contributed by atoms with Crippen molar-refractivity contribution in [3.63, 3.8) is 0 Å². The molecule has 0 aliphatic heterocycles. The van der Waals surface area contributed by atoms with Crippen LogP contribution in [0.5, 0.6) is 0 Å². The second kappa shape index (κ2) is 5.32. The van der Waals surface area contributed by atoms with Gasteiger partial charge in [-0.1, -0.05) is 0 Å². The van der Waals surface area contributed by atoms with Gasteiger partial charge in [-0.15, -0.1) is 11.8 Å². The summed E-state index contributed by atoms with van der Waals surface area (Å²) < 4.78 is 1.10. The fourth-order valence-corrected chi connectivity index (χ4v) is 3.32. The summed E-state index contributed by atoms with van der Waals surface area (Å²) in [4.78, 5) is 4.35. The van der Waals surface area contributed by atoms with Crippen LogP contribution in [0.3, 0.4) is 0 Å². The van der Waals surface area contributed by atoms with Gasteiger partial charge in [0.1, 0.15) is 5.03 Å². The van der Waals surface area contributed by atoms with E-state index >= 15 is 0 Å². The molecule has 4 heteroatoms. The Morgan fingerprint density at radius 1 is 1.67 bits per heavy atom. The second-order valence-corrected chi connectivity index (χ2v) is 5.70. The number of halogens is 1. The van der Waals surface area contributed by atoms with Crippen LogP contribution in [0.15, 0.2) is 27.8 Å². The van der Waals surface area contributed by atoms with Crippen LogP contribution in [-0.2, 0) is 0 Å². The molecule has 0 saturated heterocycles. The Labute approximate surface area is 103 Å². The number of pyridine rings is 1. The molecule has 82 valence electrons. The van der Waals surface area contributed by atoms with Crippen LogP contribution in [0.2, 0.25) is 0 Å². The van der Waals surface area contributed by atoms with Crippen LogP contribution < -0.4 is 5.32 Å². The van der Waals surface area contributed by atoms with Crippen molar-refractivity contribution in [2.24, 2.45) is 5.92 Å². The molecule has 1 heterocycles. The Hall–Kier alpha value is -0.0600. The van der Waals surface area contributed by atoms with Gasteiger partial charge >= 0.3 is 0 Å². The van der Waals surface area contributed by atoms with Crippen molar-refractivity contribution in [2.75, 3.05) is 12.8 Å². The van der Waals surface area contributed by atoms with E-state index in [4.69, 9.17) is 0 Å². The van der Waals surface area contributed by atoms with Gasteiger partial charge in [0.2, 0.25) is 0 Å². The minimum atomic E-state index is 0.643. The van der Waals surface area contributed by atoms with Crippen molar-refractivity contribution in [3.05, 3.63) is 22.8 Å². The fraction of sp³-hybridized carbons (Fsp3) is 0.545. The number of nitrogens with zero attached hydrogens (tertiary/aromatic N) is 1. The smallest absolute Gasteiger partial charge is 0.110 e. The van der Waals surface area contributed by atoms with Crippen LogP contribution in [0.1, 0.15) is 12.8 Å². The number of aromatic nitrogens is 1. The van der Waals surface area contributed by atoms with Gasteiger partial charge in [0.05, 0.1) is 0 Å². The van der Waals surface area contributed by atoms with Crippen molar-refractivity contribution in [2.45, 2.75) is 23.9 Å². The van der Waals surface area contributed by atoms with Crippen molar-refractivity contribution in [3.8, 4) is 0 Å². The first-order valence-electron chi connectivity index (χ1n) is 5.22. The van der Waals surface area contributed by atoms with Crippen LogP contribution >= 0.6 is 27.7 Å². The number of rotatable bonds is 5. The predicted octanol–water partition coefficient (Wildman–Crippen LogP) is 2.93.